The van der Waals surface area contributed by atoms with Gasteiger partial charge in [0.2, 0.25) is 5.91 Å². The molecule has 4 aromatic rings. The maximum absolute atomic E-state index is 13.3. The van der Waals surface area contributed by atoms with Crippen molar-refractivity contribution in [3.05, 3.63) is 137 Å². The summed E-state index contributed by atoms with van der Waals surface area (Å²) in [5.74, 6) is -0.454. The molecule has 4 rings (SSSR count). The lowest BCUT2D eigenvalue weighted by Gasteiger charge is -2.18. The van der Waals surface area contributed by atoms with Crippen LogP contribution in [0.25, 0.3) is 0 Å². The second-order valence-electron chi connectivity index (χ2n) is 9.81. The highest BCUT2D eigenvalue weighted by molar-refractivity contribution is 6.03. The third kappa shape index (κ3) is 10.4. The Morgan fingerprint density at radius 3 is 2.12 bits per heavy atom. The van der Waals surface area contributed by atoms with Crippen LogP contribution in [-0.4, -0.2) is 35.4 Å². The second-order valence-corrected chi connectivity index (χ2v) is 9.81. The smallest absolute Gasteiger partial charge is 0.328 e. The number of nitrogens with two attached hydrogens (primary N) is 2. The molecule has 0 radical (unpaired) electrons. The van der Waals surface area contributed by atoms with E-state index in [1.807, 2.05) is 103 Å². The van der Waals surface area contributed by atoms with E-state index < -0.39 is 6.03 Å². The summed E-state index contributed by atoms with van der Waals surface area (Å²) in [6.45, 7) is 0.981. The number of rotatable bonds is 11. The van der Waals surface area contributed by atoms with E-state index in [1.54, 1.807) is 6.20 Å². The summed E-state index contributed by atoms with van der Waals surface area (Å²) >= 11 is 0. The Hall–Kier alpha value is -5.51. The third-order valence-electron chi connectivity index (χ3n) is 6.55. The highest BCUT2D eigenvalue weighted by Gasteiger charge is 2.20. The van der Waals surface area contributed by atoms with Gasteiger partial charge in [-0.1, -0.05) is 91.0 Å². The van der Waals surface area contributed by atoms with Crippen LogP contribution in [0.3, 0.4) is 0 Å². The minimum atomic E-state index is -0.639. The van der Waals surface area contributed by atoms with E-state index >= 15 is 0 Å². The molecule has 1 unspecified atom stereocenters. The molecular formula is C33H36N8O2. The van der Waals surface area contributed by atoms with Crippen LogP contribution in [0.5, 0.6) is 0 Å². The number of hydrogen-bond acceptors (Lipinski definition) is 5. The Kier molecular flexibility index (Phi) is 11.4. The van der Waals surface area contributed by atoms with E-state index in [-0.39, 0.29) is 30.3 Å². The Morgan fingerprint density at radius 2 is 1.40 bits per heavy atom. The quantitative estimate of drug-likeness (QED) is 0.136. The normalized spacial score (nSPS) is 12.3. The van der Waals surface area contributed by atoms with Gasteiger partial charge in [-0.2, -0.15) is 0 Å². The Morgan fingerprint density at radius 1 is 0.744 bits per heavy atom. The van der Waals surface area contributed by atoms with Crippen LogP contribution >= 0.6 is 0 Å². The van der Waals surface area contributed by atoms with Gasteiger partial charge in [0.05, 0.1) is 12.5 Å². The van der Waals surface area contributed by atoms with E-state index in [9.17, 15) is 9.59 Å². The number of aromatic nitrogens is 1. The van der Waals surface area contributed by atoms with E-state index in [1.165, 1.54) is 0 Å². The van der Waals surface area contributed by atoms with Gasteiger partial charge in [-0.3, -0.25) is 25.4 Å². The Labute approximate surface area is 251 Å². The summed E-state index contributed by atoms with van der Waals surface area (Å²) < 4.78 is 0. The summed E-state index contributed by atoms with van der Waals surface area (Å²) in [7, 11) is 0. The fourth-order valence-corrected chi connectivity index (χ4v) is 4.40. The molecular weight excluding hydrogens is 540 g/mol. The number of carbonyl (C=O) groups excluding carboxylic acids is 2. The lowest BCUT2D eigenvalue weighted by Crippen LogP contribution is -2.48. The largest absolute Gasteiger partial charge is 0.370 e. The molecule has 3 amide bonds. The molecule has 43 heavy (non-hydrogen) atoms. The van der Waals surface area contributed by atoms with Crippen LogP contribution in [0.1, 0.15) is 33.9 Å². The van der Waals surface area contributed by atoms with Gasteiger partial charge in [-0.25, -0.2) is 9.79 Å². The minimum Gasteiger partial charge on any atom is -0.370 e. The van der Waals surface area contributed by atoms with Crippen molar-refractivity contribution in [3.63, 3.8) is 0 Å². The number of carbonyl (C=O) groups is 2. The summed E-state index contributed by atoms with van der Waals surface area (Å²) in [6, 6.07) is 32.5. The molecule has 0 aliphatic rings. The van der Waals surface area contributed by atoms with Gasteiger partial charge in [0.25, 0.3) is 0 Å². The van der Waals surface area contributed by atoms with Gasteiger partial charge in [-0.15, -0.1) is 0 Å². The first-order valence-electron chi connectivity index (χ1n) is 14.0. The number of nitrogens with one attached hydrogen (secondary N) is 3. The standard InChI is InChI=1S/C33H36N8O2/c34-31(37-19-17-28-16-7-8-18-36-28)40-33(43)41-32(35)39-23-26-13-9-12-25(20-26)22-38-30(42)29(27-14-5-2-6-15-27)21-24-10-3-1-4-11-24/h1-16,18,20,29H,17,19,21-23H2,(H,38,42)(H6,34,35,37,39,40,41,43). The molecule has 1 atom stereocenters. The first-order valence-corrected chi connectivity index (χ1v) is 14.0. The summed E-state index contributed by atoms with van der Waals surface area (Å²) in [4.78, 5) is 38.1. The number of aliphatic imine (C=N–C) groups is 2. The highest BCUT2D eigenvalue weighted by atomic mass is 16.2. The monoisotopic (exact) mass is 576 g/mol. The fraction of sp³-hybridized carbons (Fsp3) is 0.182. The molecule has 220 valence electrons. The number of amides is 3. The maximum atomic E-state index is 13.3. The molecule has 0 aliphatic carbocycles. The van der Waals surface area contributed by atoms with E-state index in [0.29, 0.717) is 25.9 Å². The van der Waals surface area contributed by atoms with Crippen molar-refractivity contribution in [2.75, 3.05) is 6.54 Å². The molecule has 1 heterocycles. The van der Waals surface area contributed by atoms with Crippen molar-refractivity contribution in [2.45, 2.75) is 31.8 Å². The number of hydrogen-bond donors (Lipinski definition) is 5. The van der Waals surface area contributed by atoms with Gasteiger partial charge >= 0.3 is 6.03 Å². The van der Waals surface area contributed by atoms with Crippen molar-refractivity contribution in [3.8, 4) is 0 Å². The Balaban J connectivity index is 1.26. The van der Waals surface area contributed by atoms with Gasteiger partial charge in [0.15, 0.2) is 11.9 Å². The molecule has 0 fully saturated rings. The fourth-order valence-electron chi connectivity index (χ4n) is 4.40. The molecule has 0 spiro atoms. The average molecular weight is 577 g/mol. The topological polar surface area (TPSA) is 160 Å². The lowest BCUT2D eigenvalue weighted by molar-refractivity contribution is -0.122. The van der Waals surface area contributed by atoms with E-state index in [2.05, 4.69) is 30.9 Å². The average Bonchev–Trinajstić information content (AvgIpc) is 3.03. The molecule has 3 aromatic carbocycles. The van der Waals surface area contributed by atoms with Crippen molar-refractivity contribution in [1.29, 1.82) is 0 Å². The summed E-state index contributed by atoms with van der Waals surface area (Å²) in [5, 5.41) is 7.95. The zero-order valence-corrected chi connectivity index (χ0v) is 23.8. The van der Waals surface area contributed by atoms with Crippen LogP contribution in [0.15, 0.2) is 119 Å². The number of guanidine groups is 2. The predicted molar refractivity (Wildman–Crippen MR) is 169 cm³/mol. The van der Waals surface area contributed by atoms with Gasteiger partial charge < -0.3 is 16.8 Å². The highest BCUT2D eigenvalue weighted by Crippen LogP contribution is 2.21. The molecule has 0 bridgehead atoms. The first-order chi connectivity index (χ1) is 21.0. The third-order valence-corrected chi connectivity index (χ3v) is 6.55. The maximum Gasteiger partial charge on any atom is 0.328 e. The molecule has 0 aliphatic heterocycles. The lowest BCUT2D eigenvalue weighted by atomic mass is 9.91. The Bertz CT molecular complexity index is 1530. The number of nitrogens with zero attached hydrogens (tertiary/aromatic N) is 3. The summed E-state index contributed by atoms with van der Waals surface area (Å²) in [6.07, 6.45) is 2.91. The van der Waals surface area contributed by atoms with E-state index in [4.69, 9.17) is 11.5 Å². The molecule has 10 nitrogen and oxygen atoms in total. The van der Waals surface area contributed by atoms with Gasteiger partial charge in [0, 0.05) is 31.4 Å². The van der Waals surface area contributed by atoms with Crippen LogP contribution in [0, 0.1) is 0 Å². The second kappa shape index (κ2) is 16.1. The zero-order chi connectivity index (χ0) is 30.3. The van der Waals surface area contributed by atoms with E-state index in [0.717, 1.165) is 27.9 Å². The number of benzene rings is 3. The van der Waals surface area contributed by atoms with Crippen LogP contribution in [0.2, 0.25) is 0 Å². The van der Waals surface area contributed by atoms with Crippen LogP contribution < -0.4 is 27.4 Å². The number of pyridine rings is 1. The van der Waals surface area contributed by atoms with Crippen molar-refractivity contribution in [2.24, 2.45) is 21.5 Å². The van der Waals surface area contributed by atoms with Gasteiger partial charge in [0.1, 0.15) is 0 Å². The molecule has 1 aromatic heterocycles. The predicted octanol–water partition coefficient (Wildman–Crippen LogP) is 3.40. The van der Waals surface area contributed by atoms with Crippen molar-refractivity contribution < 1.29 is 9.59 Å². The molecule has 10 heteroatoms. The first kappa shape index (κ1) is 30.4. The zero-order valence-electron chi connectivity index (χ0n) is 23.8. The SMILES string of the molecule is NC(=NCCc1ccccn1)NC(=O)NC(N)=NCc1cccc(CNC(=O)C(Cc2ccccc2)c2ccccc2)c1. The molecule has 0 saturated heterocycles. The summed E-state index contributed by atoms with van der Waals surface area (Å²) in [5.41, 5.74) is 16.4. The van der Waals surface area contributed by atoms with Crippen LogP contribution in [0.4, 0.5) is 4.79 Å². The number of urea groups is 1. The van der Waals surface area contributed by atoms with Crippen molar-refractivity contribution >= 4 is 23.9 Å². The van der Waals surface area contributed by atoms with Crippen LogP contribution in [-0.2, 0) is 30.7 Å². The van der Waals surface area contributed by atoms with Crippen molar-refractivity contribution in [1.82, 2.24) is 20.9 Å². The molecule has 7 N–H and O–H groups in total. The molecule has 0 saturated carbocycles. The van der Waals surface area contributed by atoms with Gasteiger partial charge in [-0.05, 0) is 40.8 Å². The minimum absolute atomic E-state index is 0.0331.